The van der Waals surface area contributed by atoms with E-state index < -0.39 is 0 Å². The van der Waals surface area contributed by atoms with Gasteiger partial charge in [-0.2, -0.15) is 0 Å². The largest absolute Gasteiger partial charge is 0.265 e. The predicted molar refractivity (Wildman–Crippen MR) is 70.5 cm³/mol. The predicted octanol–water partition coefficient (Wildman–Crippen LogP) is 4.37. The van der Waals surface area contributed by atoms with Gasteiger partial charge in [0, 0.05) is 6.42 Å². The molecule has 0 aliphatic rings. The van der Waals surface area contributed by atoms with Crippen LogP contribution in [0.1, 0.15) is 37.3 Å². The second-order valence-corrected chi connectivity index (χ2v) is 4.37. The van der Waals surface area contributed by atoms with Gasteiger partial charge >= 0.3 is 0 Å². The van der Waals surface area contributed by atoms with Gasteiger partial charge in [0.2, 0.25) is 0 Å². The lowest BCUT2D eigenvalue weighted by Gasteiger charge is -2.03. The van der Waals surface area contributed by atoms with Crippen molar-refractivity contribution >= 4 is 16.6 Å². The Hall–Kier alpha value is -1.35. The molecule has 1 rings (SSSR count). The minimum absolute atomic E-state index is 0.109. The maximum atomic E-state index is 11.0. The highest BCUT2D eigenvalue weighted by Gasteiger charge is 2.17. The van der Waals surface area contributed by atoms with Crippen LogP contribution in [0.4, 0.5) is 0 Å². The van der Waals surface area contributed by atoms with E-state index in [2.05, 4.69) is 0 Å². The van der Waals surface area contributed by atoms with E-state index in [0.29, 0.717) is 12.0 Å². The molecule has 0 heterocycles. The average molecular weight is 254 g/mol. The van der Waals surface area contributed by atoms with Gasteiger partial charge in [-0.15, -0.1) is 0 Å². The van der Waals surface area contributed by atoms with Crippen LogP contribution in [0.2, 0.25) is 0 Å². The van der Waals surface area contributed by atoms with Crippen molar-refractivity contribution in [3.05, 3.63) is 51.2 Å². The molecule has 0 fully saturated rings. The molecular formula is C13H16ClNO2. The van der Waals surface area contributed by atoms with Gasteiger partial charge in [-0.3, -0.25) is 10.1 Å². The standard InChI is InChI=1S/C13H16ClNO2/c1-3-4-5-12(15(16)17)13(14)11-8-6-10(2)7-9-11/h6-9H,3-5H2,1-2H3/b13-12+. The molecule has 1 aromatic rings. The van der Waals surface area contributed by atoms with E-state index in [-0.39, 0.29) is 15.7 Å². The van der Waals surface area contributed by atoms with Gasteiger partial charge in [-0.1, -0.05) is 54.8 Å². The number of halogens is 1. The van der Waals surface area contributed by atoms with E-state index in [9.17, 15) is 10.1 Å². The molecular weight excluding hydrogens is 238 g/mol. The van der Waals surface area contributed by atoms with Crippen molar-refractivity contribution in [3.63, 3.8) is 0 Å². The fourth-order valence-electron chi connectivity index (χ4n) is 1.49. The maximum Gasteiger partial charge on any atom is 0.265 e. The number of unbranched alkanes of at least 4 members (excludes halogenated alkanes) is 1. The van der Waals surface area contributed by atoms with Gasteiger partial charge in [-0.05, 0) is 18.9 Å². The van der Waals surface area contributed by atoms with E-state index >= 15 is 0 Å². The van der Waals surface area contributed by atoms with Gasteiger partial charge in [0.1, 0.15) is 5.03 Å². The van der Waals surface area contributed by atoms with Crippen LogP contribution in [0.25, 0.3) is 5.03 Å². The summed E-state index contributed by atoms with van der Waals surface area (Å²) in [6.07, 6.45) is 2.10. The Morgan fingerprint density at radius 3 is 2.41 bits per heavy atom. The molecule has 0 aliphatic heterocycles. The molecule has 0 aliphatic carbocycles. The van der Waals surface area contributed by atoms with Crippen molar-refractivity contribution in [2.24, 2.45) is 0 Å². The van der Waals surface area contributed by atoms with Crippen LogP contribution in [0.15, 0.2) is 30.0 Å². The quantitative estimate of drug-likeness (QED) is 0.578. The van der Waals surface area contributed by atoms with Crippen molar-refractivity contribution < 1.29 is 4.92 Å². The molecule has 0 saturated carbocycles. The third-order valence-electron chi connectivity index (χ3n) is 2.55. The summed E-state index contributed by atoms with van der Waals surface area (Å²) in [7, 11) is 0. The van der Waals surface area contributed by atoms with Gasteiger partial charge in [0.05, 0.1) is 4.92 Å². The van der Waals surface area contributed by atoms with E-state index in [1.165, 1.54) is 0 Å². The van der Waals surface area contributed by atoms with Crippen LogP contribution in [0.5, 0.6) is 0 Å². The summed E-state index contributed by atoms with van der Waals surface area (Å²) in [6, 6.07) is 7.42. The molecule has 0 amide bonds. The lowest BCUT2D eigenvalue weighted by Crippen LogP contribution is -2.01. The smallest absolute Gasteiger partial charge is 0.259 e. The highest BCUT2D eigenvalue weighted by Crippen LogP contribution is 2.26. The van der Waals surface area contributed by atoms with Crippen molar-refractivity contribution in [1.82, 2.24) is 0 Å². The van der Waals surface area contributed by atoms with Crippen LogP contribution in [0, 0.1) is 17.0 Å². The maximum absolute atomic E-state index is 11.0. The Balaban J connectivity index is 3.05. The van der Waals surface area contributed by atoms with Crippen LogP contribution in [-0.4, -0.2) is 4.92 Å². The summed E-state index contributed by atoms with van der Waals surface area (Å²) in [5.41, 5.74) is 1.92. The molecule has 0 unspecified atom stereocenters. The zero-order valence-electron chi connectivity index (χ0n) is 10.1. The summed E-state index contributed by atoms with van der Waals surface area (Å²) in [6.45, 7) is 3.96. The molecule has 0 spiro atoms. The first kappa shape index (κ1) is 13.7. The number of nitro groups is 1. The Labute approximate surface area is 106 Å². The molecule has 0 radical (unpaired) electrons. The first-order valence-corrected chi connectivity index (χ1v) is 6.04. The van der Waals surface area contributed by atoms with E-state index in [1.807, 2.05) is 38.1 Å². The van der Waals surface area contributed by atoms with E-state index in [1.54, 1.807) is 0 Å². The van der Waals surface area contributed by atoms with Crippen LogP contribution >= 0.6 is 11.6 Å². The molecule has 4 heteroatoms. The second-order valence-electron chi connectivity index (χ2n) is 3.99. The van der Waals surface area contributed by atoms with Gasteiger partial charge in [0.15, 0.2) is 0 Å². The third kappa shape index (κ3) is 3.86. The number of hydrogen-bond acceptors (Lipinski definition) is 2. The Bertz CT molecular complexity index is 424. The number of aryl methyl sites for hydroxylation is 1. The van der Waals surface area contributed by atoms with Crippen LogP contribution in [0.3, 0.4) is 0 Å². The fraction of sp³-hybridized carbons (Fsp3) is 0.385. The number of benzene rings is 1. The van der Waals surface area contributed by atoms with Crippen LogP contribution in [-0.2, 0) is 0 Å². The molecule has 1 aromatic carbocycles. The Kier molecular flexibility index (Phi) is 5.16. The van der Waals surface area contributed by atoms with E-state index in [0.717, 1.165) is 18.4 Å². The van der Waals surface area contributed by atoms with Crippen molar-refractivity contribution in [3.8, 4) is 0 Å². The third-order valence-corrected chi connectivity index (χ3v) is 2.98. The molecule has 0 atom stereocenters. The number of rotatable bonds is 5. The lowest BCUT2D eigenvalue weighted by molar-refractivity contribution is -0.426. The van der Waals surface area contributed by atoms with Gasteiger partial charge < -0.3 is 0 Å². The topological polar surface area (TPSA) is 43.1 Å². The summed E-state index contributed by atoms with van der Waals surface area (Å²) in [4.78, 5) is 10.6. The summed E-state index contributed by atoms with van der Waals surface area (Å²) in [5, 5.41) is 11.2. The zero-order valence-corrected chi connectivity index (χ0v) is 10.8. The van der Waals surface area contributed by atoms with Crippen LogP contribution < -0.4 is 0 Å². The van der Waals surface area contributed by atoms with Crippen molar-refractivity contribution in [1.29, 1.82) is 0 Å². The average Bonchev–Trinajstić information content (AvgIpc) is 2.29. The minimum atomic E-state index is -0.377. The number of hydrogen-bond donors (Lipinski definition) is 0. The molecule has 0 saturated heterocycles. The fourth-order valence-corrected chi connectivity index (χ4v) is 1.78. The van der Waals surface area contributed by atoms with Gasteiger partial charge in [-0.25, -0.2) is 0 Å². The lowest BCUT2D eigenvalue weighted by atomic mass is 10.1. The number of allylic oxidation sites excluding steroid dienone is 1. The molecule has 0 aromatic heterocycles. The summed E-state index contributed by atoms with van der Waals surface area (Å²) in [5.74, 6) is 0. The Morgan fingerprint density at radius 1 is 1.35 bits per heavy atom. The molecule has 0 N–H and O–H groups in total. The highest BCUT2D eigenvalue weighted by molar-refractivity contribution is 6.49. The summed E-state index contributed by atoms with van der Waals surface area (Å²) < 4.78 is 0. The molecule has 17 heavy (non-hydrogen) atoms. The molecule has 0 bridgehead atoms. The minimum Gasteiger partial charge on any atom is -0.259 e. The number of nitrogens with zero attached hydrogens (tertiary/aromatic N) is 1. The van der Waals surface area contributed by atoms with Crippen molar-refractivity contribution in [2.75, 3.05) is 0 Å². The summed E-state index contributed by atoms with van der Waals surface area (Å²) >= 11 is 6.09. The van der Waals surface area contributed by atoms with Crippen molar-refractivity contribution in [2.45, 2.75) is 33.1 Å². The second kappa shape index (κ2) is 6.40. The van der Waals surface area contributed by atoms with E-state index in [4.69, 9.17) is 11.6 Å². The first-order valence-electron chi connectivity index (χ1n) is 5.66. The zero-order chi connectivity index (χ0) is 12.8. The SMILES string of the molecule is CCCC/C(=C(\Cl)c1ccc(C)cc1)[N+](=O)[O-]. The van der Waals surface area contributed by atoms with Gasteiger partial charge in [0.25, 0.3) is 5.70 Å². The Morgan fingerprint density at radius 2 is 1.94 bits per heavy atom. The normalized spacial score (nSPS) is 12.2. The molecule has 3 nitrogen and oxygen atoms in total. The highest BCUT2D eigenvalue weighted by atomic mass is 35.5. The monoisotopic (exact) mass is 253 g/mol. The molecule has 92 valence electrons. The first-order chi connectivity index (χ1) is 8.06.